The van der Waals surface area contributed by atoms with Gasteiger partial charge in [-0.15, -0.1) is 0 Å². The molecule has 2 rings (SSSR count). The van der Waals surface area contributed by atoms with Crippen molar-refractivity contribution in [2.45, 2.75) is 6.92 Å². The fraction of sp³-hybridized carbons (Fsp3) is 0.250. The molecule has 19 heavy (non-hydrogen) atoms. The number of halogens is 1. The Labute approximate surface area is 125 Å². The summed E-state index contributed by atoms with van der Waals surface area (Å²) in [6.07, 6.45) is 0. The minimum absolute atomic E-state index is 0.185. The van der Waals surface area contributed by atoms with Gasteiger partial charge in [-0.2, -0.15) is 0 Å². The highest BCUT2D eigenvalue weighted by Crippen LogP contribution is 2.08. The molecule has 0 N–H and O–H groups in total. The van der Waals surface area contributed by atoms with Gasteiger partial charge in [0.1, 0.15) is 6.61 Å². The van der Waals surface area contributed by atoms with E-state index in [1.807, 2.05) is 19.1 Å². The van der Waals surface area contributed by atoms with E-state index in [-0.39, 0.29) is 21.2 Å². The molecule has 100 valence electrons. The van der Waals surface area contributed by atoms with Crippen LogP contribution in [-0.4, -0.2) is 19.8 Å². The molecular weight excluding hydrogens is 351 g/mol. The molecule has 0 aliphatic heterocycles. The van der Waals surface area contributed by atoms with Crippen molar-refractivity contribution < 1.29 is 30.7 Å². The van der Waals surface area contributed by atoms with E-state index in [0.717, 1.165) is 12.4 Å². The Morgan fingerprint density at radius 2 is 1.63 bits per heavy atom. The van der Waals surface area contributed by atoms with Crippen LogP contribution in [0.2, 0.25) is 0 Å². The van der Waals surface area contributed by atoms with E-state index >= 15 is 0 Å². The molecule has 0 heterocycles. The maximum atomic E-state index is 5.81. The Balaban J connectivity index is 2.00. The molecule has 0 aliphatic carbocycles. The summed E-state index contributed by atoms with van der Waals surface area (Å²) in [4.78, 5) is 0. The van der Waals surface area contributed by atoms with Crippen molar-refractivity contribution in [3.05, 3.63) is 61.7 Å². The van der Waals surface area contributed by atoms with Crippen LogP contribution in [0.3, 0.4) is 0 Å². The van der Waals surface area contributed by atoms with Gasteiger partial charge in [0.05, 0.1) is 6.61 Å². The second-order valence-corrected chi connectivity index (χ2v) is 6.81. The van der Waals surface area contributed by atoms with Crippen LogP contribution in [0.25, 0.3) is 0 Å². The predicted octanol–water partition coefficient (Wildman–Crippen LogP) is 0.230. The average molecular weight is 369 g/mol. The Morgan fingerprint density at radius 3 is 2.42 bits per heavy atom. The summed E-state index contributed by atoms with van der Waals surface area (Å²) in [6.45, 7) is 3.99. The van der Waals surface area contributed by atoms with Gasteiger partial charge in [0.25, 0.3) is 0 Å². The summed E-state index contributed by atoms with van der Waals surface area (Å²) in [7, 11) is 0. The second-order valence-electron chi connectivity index (χ2n) is 3.87. The second kappa shape index (κ2) is 8.17. The third kappa shape index (κ3) is 4.84. The number of hydrogen-bond acceptors (Lipinski definition) is 2. The van der Waals surface area contributed by atoms with Crippen molar-refractivity contribution >= 4 is 0 Å². The van der Waals surface area contributed by atoms with Crippen LogP contribution in [0, 0.1) is 7.14 Å². The zero-order chi connectivity index (χ0) is 13.3. The molecule has 0 bridgehead atoms. The number of ether oxygens (including phenoxy) is 2. The van der Waals surface area contributed by atoms with E-state index in [1.165, 1.54) is 7.14 Å². The standard InChI is InChI=1S/C16H18IO2/c1-2-18-12-13-19-16-11-7-6-10-15(16)17-14-8-4-3-5-9-14/h3-11H,2,12-13H2,1H3/q+1. The molecule has 0 spiro atoms. The van der Waals surface area contributed by atoms with Crippen molar-refractivity contribution in [2.75, 3.05) is 19.8 Å². The zero-order valence-corrected chi connectivity index (χ0v) is 13.2. The molecule has 0 fully saturated rings. The van der Waals surface area contributed by atoms with E-state index in [9.17, 15) is 0 Å². The highest BCUT2D eigenvalue weighted by Gasteiger charge is 2.20. The van der Waals surface area contributed by atoms with Crippen LogP contribution in [0.1, 0.15) is 6.92 Å². The minimum Gasteiger partial charge on any atom is -0.486 e. The minimum atomic E-state index is -0.185. The van der Waals surface area contributed by atoms with Crippen molar-refractivity contribution in [3.63, 3.8) is 0 Å². The van der Waals surface area contributed by atoms with E-state index in [1.54, 1.807) is 0 Å². The molecular formula is C16H18IO2+. The Kier molecular flexibility index (Phi) is 6.17. The third-order valence-electron chi connectivity index (χ3n) is 2.47. The normalized spacial score (nSPS) is 10.4. The smallest absolute Gasteiger partial charge is 0.362 e. The lowest BCUT2D eigenvalue weighted by Gasteiger charge is -2.05. The first-order valence-electron chi connectivity index (χ1n) is 6.39. The summed E-state index contributed by atoms with van der Waals surface area (Å²) >= 11 is -0.185. The molecule has 0 radical (unpaired) electrons. The summed E-state index contributed by atoms with van der Waals surface area (Å²) in [5, 5.41) is 0. The number of para-hydroxylation sites is 1. The Hall–Kier alpha value is -1.07. The van der Waals surface area contributed by atoms with Crippen LogP contribution in [0.4, 0.5) is 0 Å². The fourth-order valence-electron chi connectivity index (χ4n) is 1.59. The molecule has 2 aromatic rings. The fourth-order valence-corrected chi connectivity index (χ4v) is 4.02. The van der Waals surface area contributed by atoms with Gasteiger partial charge in [0.2, 0.25) is 3.57 Å². The van der Waals surface area contributed by atoms with Crippen LogP contribution in [0.5, 0.6) is 5.75 Å². The molecule has 0 aliphatic rings. The zero-order valence-electron chi connectivity index (χ0n) is 11.0. The third-order valence-corrected chi connectivity index (χ3v) is 5.28. The molecule has 2 aromatic carbocycles. The molecule has 0 amide bonds. The molecule has 3 heteroatoms. The Bertz CT molecular complexity index is 485. The summed E-state index contributed by atoms with van der Waals surface area (Å²) < 4.78 is 13.8. The highest BCUT2D eigenvalue weighted by molar-refractivity contribution is 5.20. The van der Waals surface area contributed by atoms with E-state index < -0.39 is 0 Å². The number of benzene rings is 2. The topological polar surface area (TPSA) is 18.5 Å². The van der Waals surface area contributed by atoms with Gasteiger partial charge in [-0.1, -0.05) is 30.3 Å². The summed E-state index contributed by atoms with van der Waals surface area (Å²) in [6, 6.07) is 18.9. The number of hydrogen-bond donors (Lipinski definition) is 0. The van der Waals surface area contributed by atoms with Crippen LogP contribution in [-0.2, 0) is 4.74 Å². The average Bonchev–Trinajstić information content (AvgIpc) is 2.46. The summed E-state index contributed by atoms with van der Waals surface area (Å²) in [5.74, 6) is 0.999. The molecule has 0 saturated carbocycles. The Morgan fingerprint density at radius 1 is 0.895 bits per heavy atom. The molecule has 0 unspecified atom stereocenters. The monoisotopic (exact) mass is 369 g/mol. The first kappa shape index (κ1) is 14.3. The highest BCUT2D eigenvalue weighted by atomic mass is 127. The van der Waals surface area contributed by atoms with Crippen LogP contribution < -0.4 is 25.9 Å². The van der Waals surface area contributed by atoms with Crippen LogP contribution in [0.15, 0.2) is 54.6 Å². The first-order valence-corrected chi connectivity index (χ1v) is 8.55. The molecule has 0 atom stereocenters. The van der Waals surface area contributed by atoms with Gasteiger partial charge in [-0.3, -0.25) is 0 Å². The van der Waals surface area contributed by atoms with Crippen LogP contribution >= 0.6 is 0 Å². The van der Waals surface area contributed by atoms with Gasteiger partial charge in [0, 0.05) is 6.61 Å². The number of rotatable bonds is 7. The van der Waals surface area contributed by atoms with E-state index in [2.05, 4.69) is 42.5 Å². The van der Waals surface area contributed by atoms with Gasteiger partial charge < -0.3 is 9.47 Å². The van der Waals surface area contributed by atoms with Gasteiger partial charge in [-0.05, 0) is 31.2 Å². The lowest BCUT2D eigenvalue weighted by molar-refractivity contribution is -0.598. The van der Waals surface area contributed by atoms with E-state index in [0.29, 0.717) is 13.2 Å². The summed E-state index contributed by atoms with van der Waals surface area (Å²) in [5.41, 5.74) is 0. The largest absolute Gasteiger partial charge is 0.486 e. The maximum Gasteiger partial charge on any atom is 0.362 e. The lowest BCUT2D eigenvalue weighted by Crippen LogP contribution is -3.61. The molecule has 0 saturated heterocycles. The van der Waals surface area contributed by atoms with Crippen molar-refractivity contribution in [1.29, 1.82) is 0 Å². The lowest BCUT2D eigenvalue weighted by atomic mass is 10.3. The van der Waals surface area contributed by atoms with Gasteiger partial charge >= 0.3 is 21.2 Å². The maximum absolute atomic E-state index is 5.81. The van der Waals surface area contributed by atoms with Gasteiger partial charge in [-0.25, -0.2) is 0 Å². The quantitative estimate of drug-likeness (QED) is 0.514. The molecule has 2 nitrogen and oxygen atoms in total. The van der Waals surface area contributed by atoms with E-state index in [4.69, 9.17) is 9.47 Å². The van der Waals surface area contributed by atoms with Crippen molar-refractivity contribution in [1.82, 2.24) is 0 Å². The van der Waals surface area contributed by atoms with Crippen molar-refractivity contribution in [3.8, 4) is 5.75 Å². The van der Waals surface area contributed by atoms with Gasteiger partial charge in [0.15, 0.2) is 9.32 Å². The molecule has 0 aromatic heterocycles. The predicted molar refractivity (Wildman–Crippen MR) is 72.3 cm³/mol. The SMILES string of the molecule is CCOCCOc1ccccc1[I+]c1ccccc1. The van der Waals surface area contributed by atoms with Crippen molar-refractivity contribution in [2.24, 2.45) is 0 Å². The first-order chi connectivity index (χ1) is 9.40.